The number of aliphatic hydroxyl groups excluding tert-OH is 1. The van der Waals surface area contributed by atoms with Gasteiger partial charge in [-0.1, -0.05) is 6.07 Å². The van der Waals surface area contributed by atoms with E-state index in [9.17, 15) is 4.79 Å². The van der Waals surface area contributed by atoms with Crippen molar-refractivity contribution < 1.29 is 14.6 Å². The fraction of sp³-hybridized carbons (Fsp3) is 0.562. The minimum Gasteiger partial charge on any atom is -0.484 e. The Morgan fingerprint density at radius 1 is 1.25 bits per heavy atom. The minimum absolute atomic E-state index is 0.0342. The van der Waals surface area contributed by atoms with E-state index in [4.69, 9.17) is 9.84 Å². The van der Waals surface area contributed by atoms with Gasteiger partial charge in [0, 0.05) is 19.2 Å². The van der Waals surface area contributed by atoms with Crippen LogP contribution in [0.2, 0.25) is 0 Å². The van der Waals surface area contributed by atoms with Gasteiger partial charge >= 0.3 is 0 Å². The van der Waals surface area contributed by atoms with Crippen molar-refractivity contribution in [2.45, 2.75) is 40.2 Å². The molecular formula is C16H25NO3. The number of aliphatic hydroxyl groups is 1. The van der Waals surface area contributed by atoms with Crippen LogP contribution in [0.4, 0.5) is 0 Å². The highest BCUT2D eigenvalue weighted by Gasteiger charge is 2.16. The summed E-state index contributed by atoms with van der Waals surface area (Å²) >= 11 is 0. The smallest absolute Gasteiger partial charge is 0.260 e. The van der Waals surface area contributed by atoms with Gasteiger partial charge in [-0.05, 0) is 57.4 Å². The average molecular weight is 279 g/mol. The lowest BCUT2D eigenvalue weighted by atomic mass is 10.1. The van der Waals surface area contributed by atoms with Gasteiger partial charge in [0.25, 0.3) is 5.91 Å². The van der Waals surface area contributed by atoms with E-state index in [0.29, 0.717) is 13.0 Å². The average Bonchev–Trinajstić information content (AvgIpc) is 2.35. The third-order valence-corrected chi connectivity index (χ3v) is 3.06. The second-order valence-electron chi connectivity index (χ2n) is 5.37. The Labute approximate surface area is 121 Å². The van der Waals surface area contributed by atoms with Crippen LogP contribution in [0.15, 0.2) is 18.2 Å². The normalized spacial score (nSPS) is 10.7. The maximum atomic E-state index is 12.2. The zero-order valence-electron chi connectivity index (χ0n) is 12.8. The lowest BCUT2D eigenvalue weighted by molar-refractivity contribution is -0.135. The second kappa shape index (κ2) is 7.90. The van der Waals surface area contributed by atoms with Crippen LogP contribution in [-0.4, -0.2) is 41.7 Å². The summed E-state index contributed by atoms with van der Waals surface area (Å²) in [5.41, 5.74) is 2.24. The first-order valence-corrected chi connectivity index (χ1v) is 7.05. The summed E-state index contributed by atoms with van der Waals surface area (Å²) in [5.74, 6) is 0.675. The van der Waals surface area contributed by atoms with Crippen LogP contribution in [-0.2, 0) is 4.79 Å². The van der Waals surface area contributed by atoms with Gasteiger partial charge in [-0.25, -0.2) is 0 Å². The Hall–Kier alpha value is -1.55. The molecule has 1 aromatic rings. The van der Waals surface area contributed by atoms with Crippen LogP contribution in [0, 0.1) is 13.8 Å². The predicted octanol–water partition coefficient (Wildman–Crippen LogP) is 2.30. The molecule has 1 rings (SSSR count). The van der Waals surface area contributed by atoms with Gasteiger partial charge in [0.2, 0.25) is 0 Å². The van der Waals surface area contributed by atoms with Crippen LogP contribution < -0.4 is 4.74 Å². The molecular weight excluding hydrogens is 254 g/mol. The highest BCUT2D eigenvalue weighted by atomic mass is 16.5. The third kappa shape index (κ3) is 5.21. The summed E-state index contributed by atoms with van der Waals surface area (Å²) < 4.78 is 5.59. The highest BCUT2D eigenvalue weighted by molar-refractivity contribution is 5.78. The Morgan fingerprint density at radius 3 is 2.35 bits per heavy atom. The van der Waals surface area contributed by atoms with Crippen molar-refractivity contribution in [3.8, 4) is 5.75 Å². The van der Waals surface area contributed by atoms with E-state index in [0.717, 1.165) is 16.9 Å². The molecule has 1 amide bonds. The molecule has 0 aromatic heterocycles. The Balaban J connectivity index is 2.59. The first-order chi connectivity index (χ1) is 9.43. The van der Waals surface area contributed by atoms with E-state index < -0.39 is 0 Å². The van der Waals surface area contributed by atoms with Crippen molar-refractivity contribution in [1.82, 2.24) is 4.90 Å². The van der Waals surface area contributed by atoms with Crippen molar-refractivity contribution >= 4 is 5.91 Å². The molecule has 0 bridgehead atoms. The van der Waals surface area contributed by atoms with Crippen LogP contribution in [0.25, 0.3) is 0 Å². The van der Waals surface area contributed by atoms with E-state index in [2.05, 4.69) is 6.07 Å². The Bertz CT molecular complexity index is 423. The number of ether oxygens (including phenoxy) is 1. The number of benzene rings is 1. The predicted molar refractivity (Wildman–Crippen MR) is 80.0 cm³/mol. The lowest BCUT2D eigenvalue weighted by Gasteiger charge is -2.26. The standard InChI is InChI=1S/C16H25NO3/c1-12(2)17(6-5-7-18)16(19)11-20-15-9-13(3)8-14(4)10-15/h8-10,12,18H,5-7,11H2,1-4H3. The summed E-state index contributed by atoms with van der Waals surface area (Å²) in [7, 11) is 0. The maximum absolute atomic E-state index is 12.2. The van der Waals surface area contributed by atoms with Gasteiger partial charge in [-0.15, -0.1) is 0 Å². The number of amides is 1. The molecule has 0 atom stereocenters. The van der Waals surface area contributed by atoms with Crippen molar-refractivity contribution in [2.24, 2.45) is 0 Å². The van der Waals surface area contributed by atoms with Gasteiger partial charge in [-0.2, -0.15) is 0 Å². The quantitative estimate of drug-likeness (QED) is 0.833. The number of carbonyl (C=O) groups is 1. The monoisotopic (exact) mass is 279 g/mol. The van der Waals surface area contributed by atoms with E-state index in [1.165, 1.54) is 0 Å². The number of hydrogen-bond donors (Lipinski definition) is 1. The first-order valence-electron chi connectivity index (χ1n) is 7.05. The fourth-order valence-corrected chi connectivity index (χ4v) is 2.16. The molecule has 0 fully saturated rings. The fourth-order valence-electron chi connectivity index (χ4n) is 2.16. The van der Waals surface area contributed by atoms with Crippen LogP contribution in [0.5, 0.6) is 5.75 Å². The molecule has 0 radical (unpaired) electrons. The van der Waals surface area contributed by atoms with Crippen LogP contribution in [0.3, 0.4) is 0 Å². The molecule has 20 heavy (non-hydrogen) atoms. The lowest BCUT2D eigenvalue weighted by Crippen LogP contribution is -2.40. The van der Waals surface area contributed by atoms with E-state index >= 15 is 0 Å². The molecule has 0 heterocycles. The molecule has 0 saturated carbocycles. The van der Waals surface area contributed by atoms with Crippen molar-refractivity contribution in [3.63, 3.8) is 0 Å². The zero-order chi connectivity index (χ0) is 15.1. The van der Waals surface area contributed by atoms with E-state index in [1.54, 1.807) is 4.90 Å². The van der Waals surface area contributed by atoms with Crippen molar-refractivity contribution in [1.29, 1.82) is 0 Å². The molecule has 0 spiro atoms. The summed E-state index contributed by atoms with van der Waals surface area (Å²) in [4.78, 5) is 13.9. The molecule has 0 unspecified atom stereocenters. The van der Waals surface area contributed by atoms with Crippen molar-refractivity contribution in [2.75, 3.05) is 19.8 Å². The molecule has 0 aliphatic heterocycles. The molecule has 0 saturated heterocycles. The summed E-state index contributed by atoms with van der Waals surface area (Å²) in [5, 5.41) is 8.88. The first kappa shape index (κ1) is 16.5. The number of aryl methyl sites for hydroxylation is 2. The topological polar surface area (TPSA) is 49.8 Å². The van der Waals surface area contributed by atoms with Crippen LogP contribution >= 0.6 is 0 Å². The number of nitrogens with zero attached hydrogens (tertiary/aromatic N) is 1. The molecule has 1 N–H and O–H groups in total. The van der Waals surface area contributed by atoms with E-state index in [-0.39, 0.29) is 25.2 Å². The highest BCUT2D eigenvalue weighted by Crippen LogP contribution is 2.16. The van der Waals surface area contributed by atoms with Gasteiger partial charge in [0.15, 0.2) is 6.61 Å². The number of carbonyl (C=O) groups excluding carboxylic acids is 1. The molecule has 4 nitrogen and oxygen atoms in total. The summed E-state index contributed by atoms with van der Waals surface area (Å²) in [6.07, 6.45) is 0.591. The molecule has 112 valence electrons. The SMILES string of the molecule is Cc1cc(C)cc(OCC(=O)N(CCCO)C(C)C)c1. The third-order valence-electron chi connectivity index (χ3n) is 3.06. The van der Waals surface area contributed by atoms with Gasteiger partial charge in [0.05, 0.1) is 0 Å². The second-order valence-corrected chi connectivity index (χ2v) is 5.37. The molecule has 0 aliphatic carbocycles. The van der Waals surface area contributed by atoms with Gasteiger partial charge in [0.1, 0.15) is 5.75 Å². The Morgan fingerprint density at radius 2 is 1.85 bits per heavy atom. The summed E-state index contributed by atoms with van der Waals surface area (Å²) in [6.45, 7) is 8.62. The Kier molecular flexibility index (Phi) is 6.52. The number of hydrogen-bond acceptors (Lipinski definition) is 3. The van der Waals surface area contributed by atoms with Gasteiger partial charge < -0.3 is 14.7 Å². The number of rotatable bonds is 7. The summed E-state index contributed by atoms with van der Waals surface area (Å²) in [6, 6.07) is 6.02. The van der Waals surface area contributed by atoms with E-state index in [1.807, 2.05) is 39.8 Å². The molecule has 4 heteroatoms. The van der Waals surface area contributed by atoms with Crippen LogP contribution in [0.1, 0.15) is 31.4 Å². The van der Waals surface area contributed by atoms with Crippen molar-refractivity contribution in [3.05, 3.63) is 29.3 Å². The minimum atomic E-state index is -0.0485. The largest absolute Gasteiger partial charge is 0.484 e. The zero-order valence-corrected chi connectivity index (χ0v) is 12.8. The molecule has 1 aromatic carbocycles. The maximum Gasteiger partial charge on any atom is 0.260 e. The molecule has 0 aliphatic rings. The van der Waals surface area contributed by atoms with Gasteiger partial charge in [-0.3, -0.25) is 4.79 Å².